The molecule has 1 aliphatic heterocycles. The normalized spacial score (nSPS) is 15.3. The van der Waals surface area contributed by atoms with Gasteiger partial charge in [-0.2, -0.15) is 5.10 Å². The van der Waals surface area contributed by atoms with Crippen LogP contribution < -0.4 is 4.74 Å². The average molecular weight is 488 g/mol. The Kier molecular flexibility index (Phi) is 6.41. The van der Waals surface area contributed by atoms with E-state index in [2.05, 4.69) is 22.3 Å². The highest BCUT2D eigenvalue weighted by molar-refractivity contribution is 7.99. The lowest BCUT2D eigenvalue weighted by atomic mass is 10.0. The molecule has 2 aromatic heterocycles. The van der Waals surface area contributed by atoms with Gasteiger partial charge in [0.1, 0.15) is 17.6 Å². The predicted molar refractivity (Wildman–Crippen MR) is 134 cm³/mol. The van der Waals surface area contributed by atoms with Crippen LogP contribution in [0, 0.1) is 6.92 Å². The zero-order chi connectivity index (χ0) is 24.4. The van der Waals surface area contributed by atoms with Gasteiger partial charge >= 0.3 is 0 Å². The van der Waals surface area contributed by atoms with Gasteiger partial charge < -0.3 is 13.7 Å². The van der Waals surface area contributed by atoms with E-state index in [1.54, 1.807) is 18.4 Å². The number of hydrazone groups is 1. The summed E-state index contributed by atoms with van der Waals surface area (Å²) >= 11 is 1.34. The summed E-state index contributed by atoms with van der Waals surface area (Å²) in [5.74, 6) is 2.27. The highest BCUT2D eigenvalue weighted by Gasteiger charge is 2.35. The first kappa shape index (κ1) is 22.9. The number of carbonyl (C=O) groups is 1. The second kappa shape index (κ2) is 9.79. The van der Waals surface area contributed by atoms with E-state index in [0.29, 0.717) is 11.6 Å². The van der Waals surface area contributed by atoms with E-state index in [1.165, 1.54) is 17.3 Å². The molecule has 0 spiro atoms. The molecule has 0 N–H and O–H groups in total. The van der Waals surface area contributed by atoms with Gasteiger partial charge in [-0.05, 0) is 48.9 Å². The number of hydrogen-bond acceptors (Lipinski definition) is 7. The number of nitrogens with zero attached hydrogens (tertiary/aromatic N) is 5. The summed E-state index contributed by atoms with van der Waals surface area (Å²) < 4.78 is 12.8. The first-order valence-corrected chi connectivity index (χ1v) is 12.2. The van der Waals surface area contributed by atoms with E-state index in [9.17, 15) is 4.79 Å². The van der Waals surface area contributed by atoms with Gasteiger partial charge in [0, 0.05) is 19.0 Å². The molecule has 178 valence electrons. The van der Waals surface area contributed by atoms with Gasteiger partial charge in [0.2, 0.25) is 0 Å². The van der Waals surface area contributed by atoms with E-state index in [0.717, 1.165) is 34.2 Å². The van der Waals surface area contributed by atoms with Crippen molar-refractivity contribution in [2.24, 2.45) is 12.1 Å². The number of aromatic nitrogens is 3. The van der Waals surface area contributed by atoms with Crippen LogP contribution in [-0.2, 0) is 11.8 Å². The number of aryl methyl sites for hydroxylation is 1. The number of ether oxygens (including phenoxy) is 1. The van der Waals surface area contributed by atoms with Gasteiger partial charge in [0.05, 0.1) is 24.8 Å². The van der Waals surface area contributed by atoms with Crippen LogP contribution in [0.25, 0.3) is 11.4 Å². The first-order chi connectivity index (χ1) is 17.0. The van der Waals surface area contributed by atoms with Crippen molar-refractivity contribution >= 4 is 23.4 Å². The van der Waals surface area contributed by atoms with Crippen LogP contribution in [0.4, 0.5) is 0 Å². The number of rotatable bonds is 7. The maximum Gasteiger partial charge on any atom is 0.253 e. The Hall–Kier alpha value is -3.85. The molecule has 0 aliphatic carbocycles. The summed E-state index contributed by atoms with van der Waals surface area (Å²) in [4.78, 5) is 13.3. The van der Waals surface area contributed by atoms with Gasteiger partial charge in [-0.1, -0.05) is 41.6 Å². The molecule has 1 atom stereocenters. The second-order valence-corrected chi connectivity index (χ2v) is 9.21. The smallest absolute Gasteiger partial charge is 0.253 e. The Balaban J connectivity index is 1.33. The SMILES string of the molecule is COc1ccc(-c2nnc(SCC(=O)N3N=C(c4ccc(C)cc4)CC3c3ccco3)n2C)cc1. The molecule has 5 rings (SSSR count). The van der Waals surface area contributed by atoms with Crippen LogP contribution in [0.1, 0.15) is 29.3 Å². The zero-order valence-corrected chi connectivity index (χ0v) is 20.5. The molecular weight excluding hydrogens is 462 g/mol. The third-order valence-corrected chi connectivity index (χ3v) is 6.94. The molecule has 4 aromatic rings. The maximum atomic E-state index is 13.3. The van der Waals surface area contributed by atoms with Gasteiger partial charge in [-0.3, -0.25) is 4.79 Å². The highest BCUT2D eigenvalue weighted by atomic mass is 32.2. The molecule has 0 saturated heterocycles. The molecule has 8 nitrogen and oxygen atoms in total. The monoisotopic (exact) mass is 487 g/mol. The number of thioether (sulfide) groups is 1. The van der Waals surface area contributed by atoms with Crippen molar-refractivity contribution in [2.75, 3.05) is 12.9 Å². The highest BCUT2D eigenvalue weighted by Crippen LogP contribution is 2.34. The standard InChI is InChI=1S/C26H25N5O3S/c1-17-6-8-18(9-7-17)21-15-22(23-5-4-14-34-23)31(29-21)24(32)16-35-26-28-27-25(30(26)2)19-10-12-20(33-3)13-11-19/h4-14,22H,15-16H2,1-3H3. The summed E-state index contributed by atoms with van der Waals surface area (Å²) in [5, 5.41) is 15.5. The molecule has 0 bridgehead atoms. The quantitative estimate of drug-likeness (QED) is 0.346. The van der Waals surface area contributed by atoms with Gasteiger partial charge in [-0.25, -0.2) is 5.01 Å². The summed E-state index contributed by atoms with van der Waals surface area (Å²) in [7, 11) is 3.52. The molecule has 2 aromatic carbocycles. The van der Waals surface area contributed by atoms with Crippen LogP contribution in [-0.4, -0.2) is 44.3 Å². The van der Waals surface area contributed by atoms with Crippen molar-refractivity contribution in [3.8, 4) is 17.1 Å². The number of furan rings is 1. The lowest BCUT2D eigenvalue weighted by Crippen LogP contribution is -2.28. The molecule has 1 aliphatic rings. The molecule has 1 unspecified atom stereocenters. The topological polar surface area (TPSA) is 85.8 Å². The summed E-state index contributed by atoms with van der Waals surface area (Å²) in [5.41, 5.74) is 3.97. The first-order valence-electron chi connectivity index (χ1n) is 11.2. The molecule has 0 radical (unpaired) electrons. The number of amides is 1. The lowest BCUT2D eigenvalue weighted by Gasteiger charge is -2.19. The number of carbonyl (C=O) groups excluding carboxylic acids is 1. The van der Waals surface area contributed by atoms with E-state index < -0.39 is 0 Å². The van der Waals surface area contributed by atoms with Crippen molar-refractivity contribution in [2.45, 2.75) is 24.5 Å². The number of benzene rings is 2. The fourth-order valence-corrected chi connectivity index (χ4v) is 4.75. The minimum Gasteiger partial charge on any atom is -0.497 e. The molecule has 3 heterocycles. The summed E-state index contributed by atoms with van der Waals surface area (Å²) in [6.45, 7) is 2.05. The van der Waals surface area contributed by atoms with Crippen LogP contribution in [0.5, 0.6) is 5.75 Å². The molecule has 35 heavy (non-hydrogen) atoms. The van der Waals surface area contributed by atoms with Crippen LogP contribution in [0.15, 0.2) is 81.6 Å². The maximum absolute atomic E-state index is 13.3. The Morgan fingerprint density at radius 1 is 1.09 bits per heavy atom. The van der Waals surface area contributed by atoms with Gasteiger partial charge in [-0.15, -0.1) is 10.2 Å². The predicted octanol–water partition coefficient (Wildman–Crippen LogP) is 4.86. The van der Waals surface area contributed by atoms with Crippen molar-refractivity contribution in [3.63, 3.8) is 0 Å². The summed E-state index contributed by atoms with van der Waals surface area (Å²) in [6.07, 6.45) is 2.22. The molecule has 0 fully saturated rings. The minimum absolute atomic E-state index is 0.118. The number of hydrogen-bond donors (Lipinski definition) is 0. The van der Waals surface area contributed by atoms with E-state index >= 15 is 0 Å². The minimum atomic E-state index is -0.274. The largest absolute Gasteiger partial charge is 0.497 e. The van der Waals surface area contributed by atoms with Crippen molar-refractivity contribution < 1.29 is 13.9 Å². The fraction of sp³-hybridized carbons (Fsp3) is 0.231. The number of methoxy groups -OCH3 is 1. The van der Waals surface area contributed by atoms with E-state index in [-0.39, 0.29) is 17.7 Å². The van der Waals surface area contributed by atoms with Crippen LogP contribution in [0.3, 0.4) is 0 Å². The van der Waals surface area contributed by atoms with Crippen molar-refractivity contribution in [3.05, 3.63) is 83.8 Å². The Bertz CT molecular complexity index is 1340. The Morgan fingerprint density at radius 2 is 1.83 bits per heavy atom. The van der Waals surface area contributed by atoms with Crippen LogP contribution >= 0.6 is 11.8 Å². The lowest BCUT2D eigenvalue weighted by molar-refractivity contribution is -0.130. The zero-order valence-electron chi connectivity index (χ0n) is 19.7. The average Bonchev–Trinajstić information content (AvgIpc) is 3.63. The molecule has 0 saturated carbocycles. The Labute approximate surface area is 207 Å². The van der Waals surface area contributed by atoms with Crippen LogP contribution in [0.2, 0.25) is 0 Å². The van der Waals surface area contributed by atoms with Crippen molar-refractivity contribution in [1.29, 1.82) is 0 Å². The van der Waals surface area contributed by atoms with E-state index in [4.69, 9.17) is 14.3 Å². The third-order valence-electron chi connectivity index (χ3n) is 5.93. The molecular formula is C26H25N5O3S. The van der Waals surface area contributed by atoms with E-state index in [1.807, 2.05) is 67.1 Å². The second-order valence-electron chi connectivity index (χ2n) is 8.27. The fourth-order valence-electron chi connectivity index (χ4n) is 3.99. The van der Waals surface area contributed by atoms with Gasteiger partial charge in [0.25, 0.3) is 5.91 Å². The van der Waals surface area contributed by atoms with Crippen molar-refractivity contribution in [1.82, 2.24) is 19.8 Å². The van der Waals surface area contributed by atoms with Gasteiger partial charge in [0.15, 0.2) is 11.0 Å². The molecule has 1 amide bonds. The third kappa shape index (κ3) is 4.72. The molecule has 9 heteroatoms. The Morgan fingerprint density at radius 3 is 2.51 bits per heavy atom. The summed E-state index contributed by atoms with van der Waals surface area (Å²) in [6, 6.07) is 19.2.